The first kappa shape index (κ1) is 20.2. The molecule has 0 amide bonds. The second-order valence-electron chi connectivity index (χ2n) is 7.73. The van der Waals surface area contributed by atoms with Crippen LogP contribution >= 0.6 is 0 Å². The lowest BCUT2D eigenvalue weighted by Crippen LogP contribution is -2.29. The third kappa shape index (κ3) is 7.99. The molecule has 0 saturated carbocycles. The number of hydrogen-bond donors (Lipinski definition) is 2. The number of nitrogens with two attached hydrogens (primary N) is 1. The minimum atomic E-state index is 0.282. The van der Waals surface area contributed by atoms with Gasteiger partial charge in [0, 0.05) is 12.6 Å². The number of unbranched alkanes of at least 4 members (excludes halogenated alkanes) is 2. The van der Waals surface area contributed by atoms with E-state index in [1.54, 1.807) is 0 Å². The van der Waals surface area contributed by atoms with Gasteiger partial charge in [0.1, 0.15) is 0 Å². The topological polar surface area (TPSA) is 38.0 Å². The maximum atomic E-state index is 6.06. The zero-order chi connectivity index (χ0) is 17.2. The van der Waals surface area contributed by atoms with Crippen molar-refractivity contribution in [1.82, 2.24) is 5.32 Å². The summed E-state index contributed by atoms with van der Waals surface area (Å²) in [6, 6.07) is 7.42. The summed E-state index contributed by atoms with van der Waals surface area (Å²) in [5.41, 5.74) is 10.4. The van der Waals surface area contributed by atoms with Crippen molar-refractivity contribution in [3.63, 3.8) is 0 Å². The van der Waals surface area contributed by atoms with E-state index in [1.165, 1.54) is 36.0 Å². The van der Waals surface area contributed by atoms with Gasteiger partial charge in [-0.3, -0.25) is 0 Å². The summed E-state index contributed by atoms with van der Waals surface area (Å²) in [6.45, 7) is 13.1. The van der Waals surface area contributed by atoms with Gasteiger partial charge in [0.05, 0.1) is 0 Å². The Labute approximate surface area is 144 Å². The van der Waals surface area contributed by atoms with Gasteiger partial charge in [-0.1, -0.05) is 65.7 Å². The Balaban J connectivity index is 2.90. The standard InChI is InChI=1S/C21H38N2/c1-6-7-8-9-23-21(15-22)20-13-18(10-16(2)3)12-19(14-20)11-17(4)5/h12-14,16-17,21,23H,6-11,15,22H2,1-5H3. The first-order chi connectivity index (χ1) is 11.0. The minimum absolute atomic E-state index is 0.282. The quantitative estimate of drug-likeness (QED) is 0.572. The molecule has 0 aliphatic carbocycles. The Morgan fingerprint density at radius 1 is 0.913 bits per heavy atom. The highest BCUT2D eigenvalue weighted by Gasteiger charge is 2.12. The van der Waals surface area contributed by atoms with Crippen LogP contribution < -0.4 is 11.1 Å². The summed E-state index contributed by atoms with van der Waals surface area (Å²) in [5.74, 6) is 1.37. The molecule has 0 fully saturated rings. The fraction of sp³-hybridized carbons (Fsp3) is 0.714. The van der Waals surface area contributed by atoms with E-state index in [0.717, 1.165) is 19.4 Å². The number of benzene rings is 1. The van der Waals surface area contributed by atoms with Crippen LogP contribution in [0.4, 0.5) is 0 Å². The van der Waals surface area contributed by atoms with E-state index >= 15 is 0 Å². The fourth-order valence-electron chi connectivity index (χ4n) is 3.16. The molecule has 0 spiro atoms. The normalized spacial score (nSPS) is 13.0. The van der Waals surface area contributed by atoms with Gasteiger partial charge in [-0.2, -0.15) is 0 Å². The first-order valence-corrected chi connectivity index (χ1v) is 9.52. The average Bonchev–Trinajstić information content (AvgIpc) is 2.45. The Morgan fingerprint density at radius 2 is 1.48 bits per heavy atom. The molecule has 1 rings (SSSR count). The number of hydrogen-bond acceptors (Lipinski definition) is 2. The predicted molar refractivity (Wildman–Crippen MR) is 103 cm³/mol. The summed E-state index contributed by atoms with van der Waals surface area (Å²) in [5, 5.41) is 3.66. The van der Waals surface area contributed by atoms with Crippen molar-refractivity contribution in [3.8, 4) is 0 Å². The van der Waals surface area contributed by atoms with E-state index in [4.69, 9.17) is 5.73 Å². The van der Waals surface area contributed by atoms with Gasteiger partial charge < -0.3 is 11.1 Å². The van der Waals surface area contributed by atoms with Crippen molar-refractivity contribution in [3.05, 3.63) is 34.9 Å². The van der Waals surface area contributed by atoms with Crippen molar-refractivity contribution in [2.24, 2.45) is 17.6 Å². The van der Waals surface area contributed by atoms with Crippen LogP contribution in [0.2, 0.25) is 0 Å². The lowest BCUT2D eigenvalue weighted by molar-refractivity contribution is 0.518. The largest absolute Gasteiger partial charge is 0.329 e. The minimum Gasteiger partial charge on any atom is -0.329 e. The highest BCUT2D eigenvalue weighted by atomic mass is 14.9. The van der Waals surface area contributed by atoms with E-state index in [2.05, 4.69) is 58.1 Å². The van der Waals surface area contributed by atoms with E-state index in [1.807, 2.05) is 0 Å². The summed E-state index contributed by atoms with van der Waals surface area (Å²) >= 11 is 0. The van der Waals surface area contributed by atoms with Gasteiger partial charge in [-0.05, 0) is 54.3 Å². The van der Waals surface area contributed by atoms with Crippen molar-refractivity contribution in [2.75, 3.05) is 13.1 Å². The van der Waals surface area contributed by atoms with E-state index in [9.17, 15) is 0 Å². The SMILES string of the molecule is CCCCCNC(CN)c1cc(CC(C)C)cc(CC(C)C)c1. The van der Waals surface area contributed by atoms with Crippen LogP contribution in [0, 0.1) is 11.8 Å². The van der Waals surface area contributed by atoms with Crippen LogP contribution in [0.25, 0.3) is 0 Å². The van der Waals surface area contributed by atoms with E-state index < -0.39 is 0 Å². The molecule has 3 N–H and O–H groups in total. The molecule has 2 heteroatoms. The Bertz CT molecular complexity index is 409. The number of rotatable bonds is 11. The molecule has 132 valence electrons. The van der Waals surface area contributed by atoms with Crippen LogP contribution in [0.3, 0.4) is 0 Å². The van der Waals surface area contributed by atoms with Gasteiger partial charge in [0.25, 0.3) is 0 Å². The molecule has 1 aromatic carbocycles. The van der Waals surface area contributed by atoms with Crippen molar-refractivity contribution >= 4 is 0 Å². The first-order valence-electron chi connectivity index (χ1n) is 9.52. The van der Waals surface area contributed by atoms with Gasteiger partial charge in [-0.15, -0.1) is 0 Å². The Kier molecular flexibility index (Phi) is 9.50. The van der Waals surface area contributed by atoms with E-state index in [-0.39, 0.29) is 6.04 Å². The van der Waals surface area contributed by atoms with Crippen molar-refractivity contribution < 1.29 is 0 Å². The summed E-state index contributed by atoms with van der Waals surface area (Å²) in [7, 11) is 0. The second-order valence-corrected chi connectivity index (χ2v) is 7.73. The average molecular weight is 319 g/mol. The molecular weight excluding hydrogens is 280 g/mol. The molecule has 0 aliphatic heterocycles. The second kappa shape index (κ2) is 10.8. The van der Waals surface area contributed by atoms with Crippen LogP contribution in [-0.4, -0.2) is 13.1 Å². The molecule has 1 atom stereocenters. The predicted octanol–water partition coefficient (Wildman–Crippen LogP) is 4.86. The Hall–Kier alpha value is -0.860. The summed E-state index contributed by atoms with van der Waals surface area (Å²) in [6.07, 6.45) is 6.07. The fourth-order valence-corrected chi connectivity index (χ4v) is 3.16. The monoisotopic (exact) mass is 318 g/mol. The molecule has 2 nitrogen and oxygen atoms in total. The Morgan fingerprint density at radius 3 is 1.91 bits per heavy atom. The molecule has 1 unspecified atom stereocenters. The molecule has 0 aliphatic rings. The third-order valence-corrected chi connectivity index (χ3v) is 4.17. The van der Waals surface area contributed by atoms with Gasteiger partial charge in [0.2, 0.25) is 0 Å². The molecule has 0 radical (unpaired) electrons. The summed E-state index contributed by atoms with van der Waals surface area (Å²) < 4.78 is 0. The summed E-state index contributed by atoms with van der Waals surface area (Å²) in [4.78, 5) is 0. The van der Waals surface area contributed by atoms with E-state index in [0.29, 0.717) is 18.4 Å². The molecule has 0 saturated heterocycles. The third-order valence-electron chi connectivity index (χ3n) is 4.17. The lowest BCUT2D eigenvalue weighted by Gasteiger charge is -2.20. The maximum Gasteiger partial charge on any atom is 0.0444 e. The molecular formula is C21H38N2. The van der Waals surface area contributed by atoms with Crippen molar-refractivity contribution in [2.45, 2.75) is 72.8 Å². The smallest absolute Gasteiger partial charge is 0.0444 e. The molecule has 0 heterocycles. The van der Waals surface area contributed by atoms with Crippen LogP contribution in [0.5, 0.6) is 0 Å². The maximum absolute atomic E-state index is 6.06. The van der Waals surface area contributed by atoms with Crippen LogP contribution in [0.15, 0.2) is 18.2 Å². The zero-order valence-corrected chi connectivity index (χ0v) is 16.0. The van der Waals surface area contributed by atoms with Gasteiger partial charge >= 0.3 is 0 Å². The highest BCUT2D eigenvalue weighted by Crippen LogP contribution is 2.21. The molecule has 0 aromatic heterocycles. The van der Waals surface area contributed by atoms with Gasteiger partial charge in [0.15, 0.2) is 0 Å². The molecule has 1 aromatic rings. The zero-order valence-electron chi connectivity index (χ0n) is 16.0. The van der Waals surface area contributed by atoms with Crippen LogP contribution in [-0.2, 0) is 12.8 Å². The number of nitrogens with one attached hydrogen (secondary N) is 1. The van der Waals surface area contributed by atoms with Gasteiger partial charge in [-0.25, -0.2) is 0 Å². The van der Waals surface area contributed by atoms with Crippen LogP contribution in [0.1, 0.15) is 76.6 Å². The molecule has 0 bridgehead atoms. The highest BCUT2D eigenvalue weighted by molar-refractivity contribution is 5.33. The van der Waals surface area contributed by atoms with Crippen molar-refractivity contribution in [1.29, 1.82) is 0 Å². The molecule has 23 heavy (non-hydrogen) atoms. The lowest BCUT2D eigenvalue weighted by atomic mass is 9.92.